The Bertz CT molecular complexity index is 607. The lowest BCUT2D eigenvalue weighted by molar-refractivity contribution is 0.355. The Balaban J connectivity index is 2.26. The Labute approximate surface area is 132 Å². The number of benzene rings is 1. The second-order valence-electron chi connectivity index (χ2n) is 5.49. The van der Waals surface area contributed by atoms with Gasteiger partial charge in [0.2, 0.25) is 0 Å². The Morgan fingerprint density at radius 3 is 2.36 bits per heavy atom. The number of aryl methyl sites for hydroxylation is 1. The van der Waals surface area contributed by atoms with E-state index in [-0.39, 0.29) is 0 Å². The molecule has 2 aromatic rings. The van der Waals surface area contributed by atoms with E-state index in [9.17, 15) is 0 Å². The molecule has 2 rings (SSSR count). The summed E-state index contributed by atoms with van der Waals surface area (Å²) in [5.74, 6) is 2.35. The van der Waals surface area contributed by atoms with Crippen LogP contribution in [0.3, 0.4) is 0 Å². The highest BCUT2D eigenvalue weighted by atomic mass is 16.5. The number of nitrogens with zero attached hydrogens (tertiary/aromatic N) is 2. The van der Waals surface area contributed by atoms with Gasteiger partial charge < -0.3 is 19.8 Å². The third kappa shape index (κ3) is 3.53. The molecule has 0 saturated heterocycles. The average Bonchev–Trinajstić information content (AvgIpc) is 2.90. The first-order valence-electron chi connectivity index (χ1n) is 8.06. The number of methoxy groups -OCH3 is 2. The van der Waals surface area contributed by atoms with Crippen molar-refractivity contribution in [3.63, 3.8) is 0 Å². The third-order valence-corrected chi connectivity index (χ3v) is 4.00. The highest BCUT2D eigenvalue weighted by Crippen LogP contribution is 2.32. The van der Waals surface area contributed by atoms with Gasteiger partial charge in [-0.15, -0.1) is 0 Å². The summed E-state index contributed by atoms with van der Waals surface area (Å²) in [6.45, 7) is 3.62. The van der Waals surface area contributed by atoms with Crippen molar-refractivity contribution in [3.05, 3.63) is 18.0 Å². The van der Waals surface area contributed by atoms with Gasteiger partial charge >= 0.3 is 0 Å². The molecule has 0 aliphatic heterocycles. The van der Waals surface area contributed by atoms with Crippen LogP contribution in [0.4, 0.5) is 0 Å². The van der Waals surface area contributed by atoms with Gasteiger partial charge in [0.15, 0.2) is 11.5 Å². The number of ether oxygens (including phenoxy) is 2. The summed E-state index contributed by atoms with van der Waals surface area (Å²) < 4.78 is 13.0. The zero-order valence-corrected chi connectivity index (χ0v) is 13.9. The molecule has 0 spiro atoms. The van der Waals surface area contributed by atoms with Crippen molar-refractivity contribution < 1.29 is 9.47 Å². The number of aromatic nitrogens is 2. The average molecular weight is 305 g/mol. The van der Waals surface area contributed by atoms with Crippen LogP contribution in [0, 0.1) is 0 Å². The van der Waals surface area contributed by atoms with Gasteiger partial charge in [-0.2, -0.15) is 0 Å². The Hall–Kier alpha value is -1.75. The number of hydrogen-bond donors (Lipinski definition) is 1. The van der Waals surface area contributed by atoms with Gasteiger partial charge in [-0.05, 0) is 6.42 Å². The second-order valence-corrected chi connectivity index (χ2v) is 5.49. The first-order valence-corrected chi connectivity index (χ1v) is 8.06. The molecule has 0 aliphatic rings. The zero-order chi connectivity index (χ0) is 15.9. The topological polar surface area (TPSA) is 62.3 Å². The van der Waals surface area contributed by atoms with Gasteiger partial charge in [-0.1, -0.05) is 32.6 Å². The first-order chi connectivity index (χ1) is 10.7. The number of unbranched alkanes of at least 4 members (excludes halogenated alkanes) is 4. The normalized spacial score (nSPS) is 11.1. The van der Waals surface area contributed by atoms with E-state index in [1.54, 1.807) is 14.2 Å². The van der Waals surface area contributed by atoms with E-state index in [0.717, 1.165) is 35.6 Å². The number of imidazole rings is 1. The predicted molar refractivity (Wildman–Crippen MR) is 89.5 cm³/mol. The van der Waals surface area contributed by atoms with Gasteiger partial charge in [0, 0.05) is 18.7 Å². The molecule has 0 atom stereocenters. The molecule has 0 radical (unpaired) electrons. The summed E-state index contributed by atoms with van der Waals surface area (Å²) in [6, 6.07) is 3.91. The zero-order valence-electron chi connectivity index (χ0n) is 13.9. The molecule has 0 saturated carbocycles. The van der Waals surface area contributed by atoms with Gasteiger partial charge in [0.25, 0.3) is 0 Å². The molecular weight excluding hydrogens is 278 g/mol. The van der Waals surface area contributed by atoms with E-state index in [1.807, 2.05) is 12.1 Å². The maximum Gasteiger partial charge on any atom is 0.163 e. The van der Waals surface area contributed by atoms with Gasteiger partial charge in [-0.3, -0.25) is 0 Å². The monoisotopic (exact) mass is 305 g/mol. The minimum Gasteiger partial charge on any atom is -0.493 e. The van der Waals surface area contributed by atoms with Crippen LogP contribution in [0.1, 0.15) is 44.9 Å². The lowest BCUT2D eigenvalue weighted by atomic mass is 10.1. The second kappa shape index (κ2) is 8.03. The van der Waals surface area contributed by atoms with E-state index < -0.39 is 0 Å². The van der Waals surface area contributed by atoms with E-state index in [0.29, 0.717) is 12.3 Å². The van der Waals surface area contributed by atoms with Crippen LogP contribution in [-0.4, -0.2) is 23.8 Å². The van der Waals surface area contributed by atoms with Crippen LogP contribution in [0.15, 0.2) is 12.1 Å². The summed E-state index contributed by atoms with van der Waals surface area (Å²) in [5, 5.41) is 0. The van der Waals surface area contributed by atoms with Crippen LogP contribution >= 0.6 is 0 Å². The Kier molecular flexibility index (Phi) is 6.07. The summed E-state index contributed by atoms with van der Waals surface area (Å²) in [7, 11) is 3.29. The maximum atomic E-state index is 5.86. The molecule has 2 N–H and O–H groups in total. The van der Waals surface area contributed by atoms with Crippen LogP contribution in [-0.2, 0) is 13.1 Å². The highest BCUT2D eigenvalue weighted by Gasteiger charge is 2.14. The fourth-order valence-corrected chi connectivity index (χ4v) is 2.78. The molecule has 0 unspecified atom stereocenters. The number of rotatable bonds is 9. The summed E-state index contributed by atoms with van der Waals surface area (Å²) >= 11 is 0. The standard InChI is InChI=1S/C17H27N3O2/c1-4-5-6-7-8-9-20-14-11-16(22-3)15(21-2)10-13(14)19-17(20)12-18/h10-11H,4-9,12,18H2,1-3H3. The van der Waals surface area contributed by atoms with Crippen molar-refractivity contribution in [3.8, 4) is 11.5 Å². The van der Waals surface area contributed by atoms with E-state index in [2.05, 4.69) is 16.5 Å². The molecule has 0 aliphatic carbocycles. The molecule has 5 nitrogen and oxygen atoms in total. The van der Waals surface area contributed by atoms with E-state index in [1.165, 1.54) is 25.7 Å². The van der Waals surface area contributed by atoms with Crippen molar-refractivity contribution in [1.82, 2.24) is 9.55 Å². The summed E-state index contributed by atoms with van der Waals surface area (Å²) in [6.07, 6.45) is 6.24. The molecule has 5 heteroatoms. The lowest BCUT2D eigenvalue weighted by Gasteiger charge is -2.10. The fourth-order valence-electron chi connectivity index (χ4n) is 2.78. The van der Waals surface area contributed by atoms with Gasteiger partial charge in [0.05, 0.1) is 31.8 Å². The van der Waals surface area contributed by atoms with E-state index >= 15 is 0 Å². The molecule has 1 aromatic heterocycles. The lowest BCUT2D eigenvalue weighted by Crippen LogP contribution is -2.08. The summed E-state index contributed by atoms with van der Waals surface area (Å²) in [4.78, 5) is 4.63. The van der Waals surface area contributed by atoms with Gasteiger partial charge in [-0.25, -0.2) is 4.98 Å². The molecule has 0 fully saturated rings. The molecular formula is C17H27N3O2. The van der Waals surface area contributed by atoms with Crippen LogP contribution < -0.4 is 15.2 Å². The third-order valence-electron chi connectivity index (χ3n) is 4.00. The van der Waals surface area contributed by atoms with Gasteiger partial charge in [0.1, 0.15) is 5.82 Å². The first kappa shape index (κ1) is 16.6. The SMILES string of the molecule is CCCCCCCn1c(CN)nc2cc(OC)c(OC)cc21. The maximum absolute atomic E-state index is 5.86. The van der Waals surface area contributed by atoms with Crippen molar-refractivity contribution >= 4 is 11.0 Å². The van der Waals surface area contributed by atoms with Crippen molar-refractivity contribution in [2.45, 2.75) is 52.1 Å². The molecule has 22 heavy (non-hydrogen) atoms. The predicted octanol–water partition coefficient (Wildman–Crippen LogP) is 3.48. The minimum atomic E-state index is 0.439. The fraction of sp³-hybridized carbons (Fsp3) is 0.588. The smallest absolute Gasteiger partial charge is 0.163 e. The molecule has 122 valence electrons. The Morgan fingerprint density at radius 2 is 1.73 bits per heavy atom. The van der Waals surface area contributed by atoms with Crippen molar-refractivity contribution in [2.24, 2.45) is 5.73 Å². The number of nitrogens with two attached hydrogens (primary N) is 1. The number of fused-ring (bicyclic) bond motifs is 1. The van der Waals surface area contributed by atoms with E-state index in [4.69, 9.17) is 15.2 Å². The summed E-state index contributed by atoms with van der Waals surface area (Å²) in [5.41, 5.74) is 7.83. The molecule has 1 heterocycles. The molecule has 0 bridgehead atoms. The van der Waals surface area contributed by atoms with Crippen molar-refractivity contribution in [1.29, 1.82) is 0 Å². The largest absolute Gasteiger partial charge is 0.493 e. The highest BCUT2D eigenvalue weighted by molar-refractivity contribution is 5.80. The van der Waals surface area contributed by atoms with Crippen LogP contribution in [0.5, 0.6) is 11.5 Å². The minimum absolute atomic E-state index is 0.439. The van der Waals surface area contributed by atoms with Crippen LogP contribution in [0.2, 0.25) is 0 Å². The number of hydrogen-bond acceptors (Lipinski definition) is 4. The molecule has 1 aromatic carbocycles. The Morgan fingerprint density at radius 1 is 1.05 bits per heavy atom. The quantitative estimate of drug-likeness (QED) is 0.720. The van der Waals surface area contributed by atoms with Crippen LogP contribution in [0.25, 0.3) is 11.0 Å². The van der Waals surface area contributed by atoms with Crippen molar-refractivity contribution in [2.75, 3.05) is 14.2 Å². The molecule has 0 amide bonds.